The minimum Gasteiger partial charge on any atom is -0.438 e. The van der Waals surface area contributed by atoms with Crippen LogP contribution in [-0.2, 0) is 16.1 Å². The third-order valence-electron chi connectivity index (χ3n) is 3.60. The second-order valence-electron chi connectivity index (χ2n) is 5.55. The van der Waals surface area contributed by atoms with Crippen LogP contribution in [0.25, 0.3) is 11.1 Å². The summed E-state index contributed by atoms with van der Waals surface area (Å²) in [5, 5.41) is 12.7. The van der Waals surface area contributed by atoms with Gasteiger partial charge in [-0.05, 0) is 35.9 Å². The number of amides is 1. The normalized spacial score (nSPS) is 12.3. The minimum atomic E-state index is -1.08. The molecular formula is C18H17FN2O4. The molecule has 1 aromatic heterocycles. The van der Waals surface area contributed by atoms with Crippen molar-refractivity contribution in [2.45, 2.75) is 19.1 Å². The summed E-state index contributed by atoms with van der Waals surface area (Å²) in [5.41, 5.74) is 2.06. The Hall–Kier alpha value is -2.77. The number of ether oxygens (including phenoxy) is 1. The van der Waals surface area contributed by atoms with E-state index in [-0.39, 0.29) is 13.0 Å². The van der Waals surface area contributed by atoms with Gasteiger partial charge in [-0.25, -0.2) is 9.37 Å². The van der Waals surface area contributed by atoms with E-state index in [0.717, 1.165) is 0 Å². The number of methoxy groups -OCH3 is 1. The SMILES string of the molecule is COCc1nc2cc(NC(=O)CC(O)c3cccc(F)c3)ccc2o1. The number of fused-ring (bicyclic) bond motifs is 1. The fourth-order valence-corrected chi connectivity index (χ4v) is 2.46. The predicted octanol–water partition coefficient (Wildman–Crippen LogP) is 3.18. The van der Waals surface area contributed by atoms with Gasteiger partial charge in [-0.1, -0.05) is 12.1 Å². The lowest BCUT2D eigenvalue weighted by Gasteiger charge is -2.11. The Labute approximate surface area is 143 Å². The molecule has 0 bridgehead atoms. The average molecular weight is 344 g/mol. The highest BCUT2D eigenvalue weighted by atomic mass is 19.1. The summed E-state index contributed by atoms with van der Waals surface area (Å²) in [4.78, 5) is 16.4. The molecule has 0 aliphatic rings. The molecule has 2 N–H and O–H groups in total. The Balaban J connectivity index is 1.66. The molecule has 0 aliphatic carbocycles. The Morgan fingerprint density at radius 1 is 1.36 bits per heavy atom. The van der Waals surface area contributed by atoms with E-state index in [1.165, 1.54) is 18.2 Å². The zero-order valence-electron chi connectivity index (χ0n) is 13.5. The lowest BCUT2D eigenvalue weighted by Crippen LogP contribution is -2.15. The van der Waals surface area contributed by atoms with Crippen molar-refractivity contribution in [2.24, 2.45) is 0 Å². The molecule has 1 atom stereocenters. The lowest BCUT2D eigenvalue weighted by molar-refractivity contribution is -0.118. The molecule has 1 amide bonds. The van der Waals surface area contributed by atoms with Crippen molar-refractivity contribution >= 4 is 22.7 Å². The molecule has 0 saturated heterocycles. The topological polar surface area (TPSA) is 84.6 Å². The van der Waals surface area contributed by atoms with E-state index in [9.17, 15) is 14.3 Å². The number of nitrogens with zero attached hydrogens (tertiary/aromatic N) is 1. The number of carbonyl (C=O) groups is 1. The van der Waals surface area contributed by atoms with E-state index < -0.39 is 17.8 Å². The van der Waals surface area contributed by atoms with Crippen molar-refractivity contribution in [2.75, 3.05) is 12.4 Å². The Bertz CT molecular complexity index is 894. The largest absolute Gasteiger partial charge is 0.438 e. The molecule has 3 rings (SSSR count). The van der Waals surface area contributed by atoms with E-state index >= 15 is 0 Å². The van der Waals surface area contributed by atoms with Gasteiger partial charge in [0.05, 0.1) is 12.5 Å². The zero-order valence-corrected chi connectivity index (χ0v) is 13.5. The molecule has 6 nitrogen and oxygen atoms in total. The monoisotopic (exact) mass is 344 g/mol. The van der Waals surface area contributed by atoms with Crippen LogP contribution in [0.5, 0.6) is 0 Å². The fourth-order valence-electron chi connectivity index (χ4n) is 2.46. The first-order valence-electron chi connectivity index (χ1n) is 7.67. The summed E-state index contributed by atoms with van der Waals surface area (Å²) in [5.74, 6) is -0.403. The van der Waals surface area contributed by atoms with Crippen LogP contribution >= 0.6 is 0 Å². The van der Waals surface area contributed by atoms with Crippen LogP contribution in [0.1, 0.15) is 24.0 Å². The molecule has 1 unspecified atom stereocenters. The van der Waals surface area contributed by atoms with Crippen LogP contribution in [0.2, 0.25) is 0 Å². The van der Waals surface area contributed by atoms with Gasteiger partial charge >= 0.3 is 0 Å². The van der Waals surface area contributed by atoms with Gasteiger partial charge in [0.15, 0.2) is 5.58 Å². The van der Waals surface area contributed by atoms with Crippen molar-refractivity contribution in [1.82, 2.24) is 4.98 Å². The van der Waals surface area contributed by atoms with Crippen molar-refractivity contribution < 1.29 is 23.4 Å². The second kappa shape index (κ2) is 7.42. The highest BCUT2D eigenvalue weighted by Gasteiger charge is 2.14. The van der Waals surface area contributed by atoms with E-state index in [4.69, 9.17) is 9.15 Å². The Morgan fingerprint density at radius 2 is 2.20 bits per heavy atom. The van der Waals surface area contributed by atoms with Gasteiger partial charge < -0.3 is 19.6 Å². The van der Waals surface area contributed by atoms with Gasteiger partial charge in [0.1, 0.15) is 17.9 Å². The number of hydrogen-bond donors (Lipinski definition) is 2. The van der Waals surface area contributed by atoms with E-state index in [2.05, 4.69) is 10.3 Å². The van der Waals surface area contributed by atoms with Crippen LogP contribution in [-0.4, -0.2) is 23.1 Å². The molecule has 130 valence electrons. The number of aliphatic hydroxyl groups is 1. The molecule has 7 heteroatoms. The third kappa shape index (κ3) is 4.20. The number of carbonyl (C=O) groups excluding carboxylic acids is 1. The van der Waals surface area contributed by atoms with Crippen molar-refractivity contribution in [3.63, 3.8) is 0 Å². The predicted molar refractivity (Wildman–Crippen MR) is 89.3 cm³/mol. The van der Waals surface area contributed by atoms with E-state index in [1.807, 2.05) is 0 Å². The summed E-state index contributed by atoms with van der Waals surface area (Å²) in [6.45, 7) is 0.260. The maximum Gasteiger partial charge on any atom is 0.227 e. The van der Waals surface area contributed by atoms with Crippen LogP contribution < -0.4 is 5.32 Å². The van der Waals surface area contributed by atoms with Gasteiger partial charge in [-0.3, -0.25) is 4.79 Å². The number of anilines is 1. The summed E-state index contributed by atoms with van der Waals surface area (Å²) in [7, 11) is 1.55. The molecule has 0 fully saturated rings. The number of halogens is 1. The number of hydrogen-bond acceptors (Lipinski definition) is 5. The number of oxazole rings is 1. The number of nitrogens with one attached hydrogen (secondary N) is 1. The van der Waals surface area contributed by atoms with Crippen molar-refractivity contribution in [3.05, 3.63) is 59.7 Å². The van der Waals surface area contributed by atoms with E-state index in [1.54, 1.807) is 31.4 Å². The smallest absolute Gasteiger partial charge is 0.227 e. The first-order chi connectivity index (χ1) is 12.0. The van der Waals surface area contributed by atoms with E-state index in [0.29, 0.717) is 28.2 Å². The summed E-state index contributed by atoms with van der Waals surface area (Å²) in [6, 6.07) is 10.6. The van der Waals surface area contributed by atoms with Gasteiger partial charge in [0.25, 0.3) is 0 Å². The third-order valence-corrected chi connectivity index (χ3v) is 3.60. The van der Waals surface area contributed by atoms with Crippen LogP contribution in [0, 0.1) is 5.82 Å². The Morgan fingerprint density at radius 3 is 2.96 bits per heavy atom. The highest BCUT2D eigenvalue weighted by Crippen LogP contribution is 2.22. The number of aliphatic hydroxyl groups excluding tert-OH is 1. The lowest BCUT2D eigenvalue weighted by atomic mass is 10.1. The maximum absolute atomic E-state index is 13.2. The highest BCUT2D eigenvalue weighted by molar-refractivity contribution is 5.93. The molecular weight excluding hydrogens is 327 g/mol. The van der Waals surface area contributed by atoms with Gasteiger partial charge in [-0.2, -0.15) is 0 Å². The molecule has 0 spiro atoms. The van der Waals surface area contributed by atoms with Gasteiger partial charge in [0.2, 0.25) is 11.8 Å². The summed E-state index contributed by atoms with van der Waals surface area (Å²) < 4.78 is 23.6. The minimum absolute atomic E-state index is 0.185. The van der Waals surface area contributed by atoms with Crippen LogP contribution in [0.3, 0.4) is 0 Å². The summed E-state index contributed by atoms with van der Waals surface area (Å²) in [6.07, 6.45) is -1.27. The van der Waals surface area contributed by atoms with Gasteiger partial charge in [-0.15, -0.1) is 0 Å². The maximum atomic E-state index is 13.2. The first kappa shape index (κ1) is 17.1. The molecule has 1 heterocycles. The molecule has 3 aromatic rings. The molecule has 0 saturated carbocycles. The quantitative estimate of drug-likeness (QED) is 0.717. The first-order valence-corrected chi connectivity index (χ1v) is 7.67. The molecule has 0 aliphatic heterocycles. The molecule has 25 heavy (non-hydrogen) atoms. The number of rotatable bonds is 6. The Kier molecular flexibility index (Phi) is 5.06. The van der Waals surface area contributed by atoms with Gasteiger partial charge in [0, 0.05) is 12.8 Å². The second-order valence-corrected chi connectivity index (χ2v) is 5.55. The standard InChI is InChI=1S/C18H17FN2O4/c1-24-10-18-21-14-8-13(5-6-16(14)25-18)20-17(23)9-15(22)11-3-2-4-12(19)7-11/h2-8,15,22H,9-10H2,1H3,(H,20,23). The zero-order chi connectivity index (χ0) is 17.8. The summed E-state index contributed by atoms with van der Waals surface area (Å²) >= 11 is 0. The molecule has 2 aromatic carbocycles. The molecule has 0 radical (unpaired) electrons. The number of aromatic nitrogens is 1. The van der Waals surface area contributed by atoms with Crippen molar-refractivity contribution in [3.8, 4) is 0 Å². The fraction of sp³-hybridized carbons (Fsp3) is 0.222. The number of benzene rings is 2. The van der Waals surface area contributed by atoms with Crippen molar-refractivity contribution in [1.29, 1.82) is 0 Å². The average Bonchev–Trinajstić information content (AvgIpc) is 2.96. The van der Waals surface area contributed by atoms with Crippen LogP contribution in [0.15, 0.2) is 46.9 Å². The van der Waals surface area contributed by atoms with Crippen LogP contribution in [0.4, 0.5) is 10.1 Å².